The van der Waals surface area contributed by atoms with Crippen LogP contribution in [0.4, 0.5) is 0 Å². The zero-order chi connectivity index (χ0) is 19.0. The summed E-state index contributed by atoms with van der Waals surface area (Å²) in [5.74, 6) is -2.45. The Labute approximate surface area is 144 Å². The van der Waals surface area contributed by atoms with E-state index in [0.29, 0.717) is 5.56 Å². The summed E-state index contributed by atoms with van der Waals surface area (Å²) in [6.07, 6.45) is 2.25. The van der Waals surface area contributed by atoms with E-state index in [1.165, 1.54) is 32.4 Å². The van der Waals surface area contributed by atoms with Gasteiger partial charge in [-0.25, -0.2) is 4.79 Å². The number of aromatic hydroxyl groups is 1. The molecule has 0 unspecified atom stereocenters. The van der Waals surface area contributed by atoms with Crippen molar-refractivity contribution < 1.29 is 34.1 Å². The van der Waals surface area contributed by atoms with Gasteiger partial charge in [0.05, 0.1) is 14.2 Å². The third kappa shape index (κ3) is 6.05. The van der Waals surface area contributed by atoms with Crippen molar-refractivity contribution in [2.24, 2.45) is 5.73 Å². The minimum absolute atomic E-state index is 0.106. The quantitative estimate of drug-likeness (QED) is 0.466. The maximum Gasteiger partial charge on any atom is 0.326 e. The van der Waals surface area contributed by atoms with Gasteiger partial charge in [-0.05, 0) is 30.2 Å². The number of hydrogen-bond donors (Lipinski definition) is 4. The molecule has 0 bridgehead atoms. The largest absolute Gasteiger partial charge is 0.502 e. The van der Waals surface area contributed by atoms with Crippen LogP contribution in [0.5, 0.6) is 17.2 Å². The number of ether oxygens (including phenoxy) is 2. The number of carboxylic acids is 1. The second-order valence-corrected chi connectivity index (χ2v) is 5.01. The molecule has 0 radical (unpaired) electrons. The summed E-state index contributed by atoms with van der Waals surface area (Å²) in [5, 5.41) is 21.1. The van der Waals surface area contributed by atoms with E-state index in [2.05, 4.69) is 5.32 Å². The Morgan fingerprint density at radius 1 is 1.24 bits per heavy atom. The lowest BCUT2D eigenvalue weighted by Gasteiger charge is -2.12. The van der Waals surface area contributed by atoms with E-state index >= 15 is 0 Å². The molecule has 0 aliphatic carbocycles. The number of hydrogen-bond acceptors (Lipinski definition) is 6. The third-order valence-electron chi connectivity index (χ3n) is 3.22. The molecule has 9 nitrogen and oxygen atoms in total. The van der Waals surface area contributed by atoms with Crippen molar-refractivity contribution in [1.29, 1.82) is 0 Å². The molecule has 2 amide bonds. The van der Waals surface area contributed by atoms with E-state index < -0.39 is 23.8 Å². The number of nitrogens with one attached hydrogen (secondary N) is 1. The highest BCUT2D eigenvalue weighted by molar-refractivity contribution is 5.94. The van der Waals surface area contributed by atoms with E-state index in [1.54, 1.807) is 0 Å². The molecule has 25 heavy (non-hydrogen) atoms. The molecule has 1 aromatic rings. The van der Waals surface area contributed by atoms with Gasteiger partial charge in [0.1, 0.15) is 6.04 Å². The van der Waals surface area contributed by atoms with Crippen LogP contribution < -0.4 is 20.5 Å². The molecular formula is C16H20N2O7. The molecule has 0 heterocycles. The number of aliphatic carboxylic acids is 1. The van der Waals surface area contributed by atoms with Crippen molar-refractivity contribution in [2.45, 2.75) is 18.9 Å². The van der Waals surface area contributed by atoms with E-state index in [9.17, 15) is 19.5 Å². The van der Waals surface area contributed by atoms with Gasteiger partial charge in [0.25, 0.3) is 0 Å². The number of primary amides is 1. The van der Waals surface area contributed by atoms with Crippen LogP contribution in [0, 0.1) is 0 Å². The van der Waals surface area contributed by atoms with Crippen LogP contribution in [0.1, 0.15) is 18.4 Å². The Hall–Kier alpha value is -3.23. The predicted octanol–water partition coefficient (Wildman–Crippen LogP) is 0.257. The smallest absolute Gasteiger partial charge is 0.326 e. The van der Waals surface area contributed by atoms with E-state index in [1.807, 2.05) is 0 Å². The van der Waals surface area contributed by atoms with Gasteiger partial charge in [-0.15, -0.1) is 0 Å². The van der Waals surface area contributed by atoms with Crippen molar-refractivity contribution in [3.8, 4) is 17.2 Å². The number of carboxylic acid groups (broad SMARTS) is 1. The number of carbonyl (C=O) groups is 3. The first-order valence-electron chi connectivity index (χ1n) is 7.23. The fourth-order valence-electron chi connectivity index (χ4n) is 1.95. The molecule has 0 aliphatic heterocycles. The number of phenolic OH excluding ortho intramolecular Hbond substituents is 1. The van der Waals surface area contributed by atoms with Gasteiger partial charge in [-0.2, -0.15) is 0 Å². The summed E-state index contributed by atoms with van der Waals surface area (Å²) >= 11 is 0. The second-order valence-electron chi connectivity index (χ2n) is 5.01. The Bertz CT molecular complexity index is 660. The van der Waals surface area contributed by atoms with E-state index in [-0.39, 0.29) is 30.1 Å². The number of methoxy groups -OCH3 is 2. The molecule has 0 saturated heterocycles. The lowest BCUT2D eigenvalue weighted by molar-refractivity contribution is -0.141. The van der Waals surface area contributed by atoms with Gasteiger partial charge in [-0.3, -0.25) is 9.59 Å². The van der Waals surface area contributed by atoms with Gasteiger partial charge in [0, 0.05) is 12.5 Å². The minimum Gasteiger partial charge on any atom is -0.502 e. The first kappa shape index (κ1) is 19.8. The summed E-state index contributed by atoms with van der Waals surface area (Å²) in [6.45, 7) is 0. The average Bonchev–Trinajstić information content (AvgIpc) is 2.57. The maximum absolute atomic E-state index is 11.9. The van der Waals surface area contributed by atoms with Crippen LogP contribution in [-0.4, -0.2) is 48.3 Å². The topological polar surface area (TPSA) is 148 Å². The van der Waals surface area contributed by atoms with Crippen LogP contribution in [-0.2, 0) is 14.4 Å². The van der Waals surface area contributed by atoms with Gasteiger partial charge in [0.2, 0.25) is 17.6 Å². The normalized spacial score (nSPS) is 11.8. The van der Waals surface area contributed by atoms with E-state index in [4.69, 9.17) is 20.3 Å². The molecular weight excluding hydrogens is 332 g/mol. The highest BCUT2D eigenvalue weighted by Gasteiger charge is 2.19. The van der Waals surface area contributed by atoms with Crippen LogP contribution in [0.25, 0.3) is 6.08 Å². The van der Waals surface area contributed by atoms with Gasteiger partial charge in [-0.1, -0.05) is 0 Å². The van der Waals surface area contributed by atoms with Crippen molar-refractivity contribution in [2.75, 3.05) is 14.2 Å². The van der Waals surface area contributed by atoms with Gasteiger partial charge < -0.3 is 30.7 Å². The summed E-state index contributed by atoms with van der Waals surface area (Å²) in [4.78, 5) is 33.7. The molecule has 1 aromatic carbocycles. The molecule has 5 N–H and O–H groups in total. The predicted molar refractivity (Wildman–Crippen MR) is 88.2 cm³/mol. The van der Waals surface area contributed by atoms with Gasteiger partial charge >= 0.3 is 5.97 Å². The molecule has 0 aliphatic rings. The first-order chi connectivity index (χ1) is 11.8. The number of benzene rings is 1. The fraction of sp³-hybridized carbons (Fsp3) is 0.312. The molecule has 0 fully saturated rings. The Balaban J connectivity index is 2.84. The summed E-state index contributed by atoms with van der Waals surface area (Å²) in [6, 6.07) is 1.72. The van der Waals surface area contributed by atoms with Crippen LogP contribution in [0.15, 0.2) is 18.2 Å². The second kappa shape index (κ2) is 9.16. The Morgan fingerprint density at radius 3 is 2.24 bits per heavy atom. The Kier molecular flexibility index (Phi) is 7.26. The fourth-order valence-corrected chi connectivity index (χ4v) is 1.95. The van der Waals surface area contributed by atoms with Crippen LogP contribution in [0.3, 0.4) is 0 Å². The lowest BCUT2D eigenvalue weighted by Crippen LogP contribution is -2.40. The van der Waals surface area contributed by atoms with E-state index in [0.717, 1.165) is 6.08 Å². The monoisotopic (exact) mass is 352 g/mol. The third-order valence-corrected chi connectivity index (χ3v) is 3.22. The number of rotatable bonds is 9. The molecule has 0 spiro atoms. The summed E-state index contributed by atoms with van der Waals surface area (Å²) < 4.78 is 10.00. The summed E-state index contributed by atoms with van der Waals surface area (Å²) in [5.41, 5.74) is 5.46. The number of amides is 2. The molecule has 1 atom stereocenters. The lowest BCUT2D eigenvalue weighted by atomic mass is 10.1. The molecule has 9 heteroatoms. The number of phenols is 1. The molecule has 136 valence electrons. The Morgan fingerprint density at radius 2 is 1.80 bits per heavy atom. The summed E-state index contributed by atoms with van der Waals surface area (Å²) in [7, 11) is 2.73. The minimum atomic E-state index is -1.27. The SMILES string of the molecule is COc1cc(/C=C/C(=O)N[C@@H](CCC(N)=O)C(=O)O)cc(OC)c1O. The first-order valence-corrected chi connectivity index (χ1v) is 7.23. The highest BCUT2D eigenvalue weighted by atomic mass is 16.5. The standard InChI is InChI=1S/C16H20N2O7/c1-24-11-7-9(8-12(25-2)15(11)21)3-6-14(20)18-10(16(22)23)4-5-13(17)19/h3,6-8,10,21H,4-5H2,1-2H3,(H2,17,19)(H,18,20)(H,22,23)/b6-3+/t10-/m0/s1. The molecule has 0 aromatic heterocycles. The van der Waals surface area contributed by atoms with Crippen molar-refractivity contribution >= 4 is 23.9 Å². The van der Waals surface area contributed by atoms with Crippen molar-refractivity contribution in [1.82, 2.24) is 5.32 Å². The average molecular weight is 352 g/mol. The number of nitrogens with two attached hydrogens (primary N) is 1. The maximum atomic E-state index is 11.9. The zero-order valence-electron chi connectivity index (χ0n) is 13.8. The highest BCUT2D eigenvalue weighted by Crippen LogP contribution is 2.37. The molecule has 1 rings (SSSR count). The number of carbonyl (C=O) groups excluding carboxylic acids is 2. The van der Waals surface area contributed by atoms with Gasteiger partial charge in [0.15, 0.2) is 11.5 Å². The van der Waals surface area contributed by atoms with Crippen molar-refractivity contribution in [3.63, 3.8) is 0 Å². The van der Waals surface area contributed by atoms with Crippen molar-refractivity contribution in [3.05, 3.63) is 23.8 Å². The van der Waals surface area contributed by atoms with Crippen LogP contribution in [0.2, 0.25) is 0 Å². The van der Waals surface area contributed by atoms with Crippen LogP contribution >= 0.6 is 0 Å². The zero-order valence-corrected chi connectivity index (χ0v) is 13.8. The molecule has 0 saturated carbocycles.